The number of nitrogens with zero attached hydrogens (tertiary/aromatic N) is 3. The predicted octanol–water partition coefficient (Wildman–Crippen LogP) is 0.714. The quantitative estimate of drug-likeness (QED) is 0.202. The van der Waals surface area contributed by atoms with E-state index in [1.165, 1.54) is 29.2 Å². The van der Waals surface area contributed by atoms with Crippen LogP contribution in [-0.4, -0.2) is 68.8 Å². The summed E-state index contributed by atoms with van der Waals surface area (Å²) in [5, 5.41) is 23.6. The first-order valence-electron chi connectivity index (χ1n) is 10.8. The summed E-state index contributed by atoms with van der Waals surface area (Å²) in [5.41, 5.74) is 0.664. The molecule has 0 saturated carbocycles. The SMILES string of the molecule is NN(CC(=O)N[C@@H](Cc1ccc([N+](=O)[O-])cc1)C(=O)N1CCC[C@H]1C(=O)O)C(=O)c1ccccc1. The number of nitrogens with one attached hydrogen (secondary N) is 1. The van der Waals surface area contributed by atoms with Gasteiger partial charge in [0, 0.05) is 30.7 Å². The first-order valence-corrected chi connectivity index (χ1v) is 10.8. The number of hydrogen-bond acceptors (Lipinski definition) is 7. The predicted molar refractivity (Wildman–Crippen MR) is 123 cm³/mol. The Hall–Kier alpha value is -4.32. The van der Waals surface area contributed by atoms with Crippen molar-refractivity contribution in [3.63, 3.8) is 0 Å². The van der Waals surface area contributed by atoms with E-state index in [4.69, 9.17) is 5.84 Å². The number of aliphatic carboxylic acids is 1. The number of hydrogen-bond donors (Lipinski definition) is 3. The first-order chi connectivity index (χ1) is 16.7. The minimum Gasteiger partial charge on any atom is -0.480 e. The van der Waals surface area contributed by atoms with E-state index >= 15 is 0 Å². The van der Waals surface area contributed by atoms with Crippen LogP contribution in [0.4, 0.5) is 5.69 Å². The number of rotatable bonds is 9. The van der Waals surface area contributed by atoms with Crippen molar-refractivity contribution < 1.29 is 29.2 Å². The molecule has 12 nitrogen and oxygen atoms in total. The standard InChI is InChI=1S/C23H25N5O7/c24-27(21(30)16-5-2-1-3-6-16)14-20(29)25-18(13-15-8-10-17(11-9-15)28(34)35)22(31)26-12-4-7-19(26)23(32)33/h1-3,5-6,8-11,18-19H,4,7,12-14,24H2,(H,25,29)(H,32,33)/t18-,19-/m0/s1. The number of non-ortho nitro benzene ring substituents is 1. The number of nitro benzene ring substituents is 1. The van der Waals surface area contributed by atoms with Crippen molar-refractivity contribution in [3.05, 3.63) is 75.8 Å². The van der Waals surface area contributed by atoms with Gasteiger partial charge in [-0.05, 0) is 30.5 Å². The molecule has 12 heteroatoms. The van der Waals surface area contributed by atoms with Crippen molar-refractivity contribution in [2.24, 2.45) is 5.84 Å². The fraction of sp³-hybridized carbons (Fsp3) is 0.304. The zero-order valence-corrected chi connectivity index (χ0v) is 18.7. The largest absolute Gasteiger partial charge is 0.480 e. The summed E-state index contributed by atoms with van der Waals surface area (Å²) in [6.07, 6.45) is 0.757. The maximum atomic E-state index is 13.2. The van der Waals surface area contributed by atoms with Gasteiger partial charge in [0.05, 0.1) is 4.92 Å². The molecule has 1 aliphatic heterocycles. The molecule has 0 spiro atoms. The maximum Gasteiger partial charge on any atom is 0.326 e. The van der Waals surface area contributed by atoms with Crippen molar-refractivity contribution in [1.29, 1.82) is 0 Å². The molecule has 1 heterocycles. The molecule has 0 radical (unpaired) electrons. The van der Waals surface area contributed by atoms with Crippen molar-refractivity contribution >= 4 is 29.4 Å². The third-order valence-electron chi connectivity index (χ3n) is 5.64. The average Bonchev–Trinajstić information content (AvgIpc) is 3.34. The second-order valence-corrected chi connectivity index (χ2v) is 8.07. The van der Waals surface area contributed by atoms with Gasteiger partial charge in [-0.3, -0.25) is 29.5 Å². The third kappa shape index (κ3) is 6.38. The Labute approximate surface area is 200 Å². The van der Waals surface area contributed by atoms with E-state index < -0.39 is 47.2 Å². The van der Waals surface area contributed by atoms with E-state index in [1.54, 1.807) is 30.3 Å². The number of carboxylic acid groups (broad SMARTS) is 1. The monoisotopic (exact) mass is 483 g/mol. The summed E-state index contributed by atoms with van der Waals surface area (Å²) in [7, 11) is 0. The summed E-state index contributed by atoms with van der Waals surface area (Å²) in [4.78, 5) is 61.5. The Morgan fingerprint density at radius 3 is 2.40 bits per heavy atom. The Kier molecular flexibility index (Phi) is 8.10. The number of amides is 3. The first kappa shape index (κ1) is 25.3. The van der Waals surface area contributed by atoms with Crippen molar-refractivity contribution in [1.82, 2.24) is 15.2 Å². The summed E-state index contributed by atoms with van der Waals surface area (Å²) in [5.74, 6) is 2.72. The van der Waals surface area contributed by atoms with E-state index in [1.807, 2.05) is 0 Å². The molecule has 0 bridgehead atoms. The molecular formula is C23H25N5O7. The molecule has 3 rings (SSSR count). The molecule has 2 aromatic carbocycles. The van der Waals surface area contributed by atoms with Crippen molar-refractivity contribution in [2.75, 3.05) is 13.1 Å². The zero-order valence-electron chi connectivity index (χ0n) is 18.7. The molecule has 35 heavy (non-hydrogen) atoms. The van der Waals surface area contributed by atoms with E-state index in [9.17, 15) is 34.4 Å². The van der Waals surface area contributed by atoms with E-state index in [-0.39, 0.29) is 24.2 Å². The topological polar surface area (TPSA) is 176 Å². The molecule has 2 atom stereocenters. The number of carbonyl (C=O) groups excluding carboxylic acids is 3. The highest BCUT2D eigenvalue weighted by Gasteiger charge is 2.37. The molecule has 1 fully saturated rings. The van der Waals surface area contributed by atoms with Gasteiger partial charge in [0.1, 0.15) is 18.6 Å². The molecule has 184 valence electrons. The van der Waals surface area contributed by atoms with Crippen LogP contribution in [0.1, 0.15) is 28.8 Å². The van der Waals surface area contributed by atoms with Gasteiger partial charge in [-0.1, -0.05) is 30.3 Å². The van der Waals surface area contributed by atoms with Crippen LogP contribution in [0.15, 0.2) is 54.6 Å². The highest BCUT2D eigenvalue weighted by Crippen LogP contribution is 2.20. The average molecular weight is 483 g/mol. The van der Waals surface area contributed by atoms with Gasteiger partial charge in [-0.2, -0.15) is 0 Å². The van der Waals surface area contributed by atoms with Crippen LogP contribution in [0, 0.1) is 10.1 Å². The molecule has 0 aromatic heterocycles. The normalized spacial score (nSPS) is 15.8. The summed E-state index contributed by atoms with van der Waals surface area (Å²) < 4.78 is 0. The van der Waals surface area contributed by atoms with Crippen LogP contribution in [-0.2, 0) is 20.8 Å². The number of nitrogens with two attached hydrogens (primary N) is 1. The third-order valence-corrected chi connectivity index (χ3v) is 5.64. The Balaban J connectivity index is 1.75. The van der Waals surface area contributed by atoms with E-state index in [0.29, 0.717) is 23.4 Å². The van der Waals surface area contributed by atoms with E-state index in [0.717, 1.165) is 0 Å². The molecule has 3 amide bonds. The maximum absolute atomic E-state index is 13.2. The Morgan fingerprint density at radius 1 is 1.14 bits per heavy atom. The zero-order chi connectivity index (χ0) is 25.5. The second kappa shape index (κ2) is 11.2. The van der Waals surface area contributed by atoms with Crippen LogP contribution in [0.3, 0.4) is 0 Å². The number of benzene rings is 2. The minimum atomic E-state index is -1.16. The summed E-state index contributed by atoms with van der Waals surface area (Å²) >= 11 is 0. The van der Waals surface area contributed by atoms with Crippen molar-refractivity contribution in [2.45, 2.75) is 31.3 Å². The van der Waals surface area contributed by atoms with Crippen LogP contribution >= 0.6 is 0 Å². The van der Waals surface area contributed by atoms with Gasteiger partial charge in [0.25, 0.3) is 11.6 Å². The number of likely N-dealkylation sites (tertiary alicyclic amines) is 1. The molecule has 2 aromatic rings. The highest BCUT2D eigenvalue weighted by molar-refractivity contribution is 5.97. The molecule has 1 saturated heterocycles. The van der Waals surface area contributed by atoms with E-state index in [2.05, 4.69) is 5.32 Å². The fourth-order valence-corrected chi connectivity index (χ4v) is 3.89. The highest BCUT2D eigenvalue weighted by atomic mass is 16.6. The lowest BCUT2D eigenvalue weighted by atomic mass is 10.0. The van der Waals surface area contributed by atoms with Gasteiger partial charge in [-0.25, -0.2) is 10.6 Å². The molecule has 1 aliphatic rings. The fourth-order valence-electron chi connectivity index (χ4n) is 3.89. The summed E-state index contributed by atoms with van der Waals surface area (Å²) in [6, 6.07) is 11.4. The number of nitro groups is 1. The number of carbonyl (C=O) groups is 4. The number of hydrazine groups is 1. The molecular weight excluding hydrogens is 458 g/mol. The smallest absolute Gasteiger partial charge is 0.326 e. The lowest BCUT2D eigenvalue weighted by Gasteiger charge is -2.28. The van der Waals surface area contributed by atoms with Crippen LogP contribution in [0.5, 0.6) is 0 Å². The number of carboxylic acids is 1. The minimum absolute atomic E-state index is 0.0391. The lowest BCUT2D eigenvalue weighted by Crippen LogP contribution is -2.55. The van der Waals surface area contributed by atoms with Gasteiger partial charge in [-0.15, -0.1) is 0 Å². The van der Waals surface area contributed by atoms with Crippen LogP contribution in [0.25, 0.3) is 0 Å². The van der Waals surface area contributed by atoms with Crippen LogP contribution in [0.2, 0.25) is 0 Å². The summed E-state index contributed by atoms with van der Waals surface area (Å²) in [6.45, 7) is -0.321. The van der Waals surface area contributed by atoms with Crippen LogP contribution < -0.4 is 11.2 Å². The van der Waals surface area contributed by atoms with Crippen molar-refractivity contribution in [3.8, 4) is 0 Å². The molecule has 0 aliphatic carbocycles. The lowest BCUT2D eigenvalue weighted by molar-refractivity contribution is -0.384. The van der Waals surface area contributed by atoms with Gasteiger partial charge >= 0.3 is 5.97 Å². The molecule has 4 N–H and O–H groups in total. The van der Waals surface area contributed by atoms with Gasteiger partial charge < -0.3 is 15.3 Å². The second-order valence-electron chi connectivity index (χ2n) is 8.07. The Bertz CT molecular complexity index is 1110. The Morgan fingerprint density at radius 2 is 1.80 bits per heavy atom. The van der Waals surface area contributed by atoms with Gasteiger partial charge in [0.15, 0.2) is 0 Å². The molecule has 0 unspecified atom stereocenters. The van der Waals surface area contributed by atoms with Gasteiger partial charge in [0.2, 0.25) is 11.8 Å².